The Morgan fingerprint density at radius 3 is 2.38 bits per heavy atom. The topological polar surface area (TPSA) is 78.8 Å². The van der Waals surface area contributed by atoms with E-state index in [0.717, 1.165) is 12.8 Å². The van der Waals surface area contributed by atoms with Crippen molar-refractivity contribution in [2.24, 2.45) is 5.92 Å². The van der Waals surface area contributed by atoms with Gasteiger partial charge in [-0.3, -0.25) is 4.79 Å². The van der Waals surface area contributed by atoms with Crippen molar-refractivity contribution < 1.29 is 19.7 Å². The minimum atomic E-state index is -0.816. The average Bonchev–Trinajstić information content (AvgIpc) is 2.62. The number of rotatable bonds is 2. The van der Waals surface area contributed by atoms with Crippen LogP contribution in [0.15, 0.2) is 0 Å². The van der Waals surface area contributed by atoms with Crippen LogP contribution in [0.5, 0.6) is 0 Å². The molecule has 0 radical (unpaired) electrons. The molecule has 5 heteroatoms. The Kier molecular flexibility index (Phi) is 3.78. The Bertz CT molecular complexity index is 252. The average molecular weight is 229 g/mol. The van der Waals surface area contributed by atoms with Crippen molar-refractivity contribution in [3.8, 4) is 0 Å². The number of carbonyl (C=O) groups is 1. The summed E-state index contributed by atoms with van der Waals surface area (Å²) in [5.41, 5.74) is 0. The summed E-state index contributed by atoms with van der Waals surface area (Å²) in [6.07, 6.45) is 1.19. The highest BCUT2D eigenvalue weighted by molar-refractivity contribution is 5.79. The van der Waals surface area contributed by atoms with Gasteiger partial charge in [-0.25, -0.2) is 0 Å². The predicted molar refractivity (Wildman–Crippen MR) is 56.7 cm³/mol. The lowest BCUT2D eigenvalue weighted by molar-refractivity contribution is -0.129. The van der Waals surface area contributed by atoms with Gasteiger partial charge in [-0.1, -0.05) is 0 Å². The van der Waals surface area contributed by atoms with Gasteiger partial charge in [0.1, 0.15) is 0 Å². The quantitative estimate of drug-likeness (QED) is 0.591. The molecule has 92 valence electrons. The first-order chi connectivity index (χ1) is 7.68. The fourth-order valence-corrected chi connectivity index (χ4v) is 2.38. The Morgan fingerprint density at radius 2 is 1.81 bits per heavy atom. The molecule has 0 aromatic heterocycles. The fraction of sp³-hybridized carbons (Fsp3) is 0.909. The van der Waals surface area contributed by atoms with Crippen LogP contribution in [0.4, 0.5) is 0 Å². The number of nitrogens with one attached hydrogen (secondary N) is 1. The van der Waals surface area contributed by atoms with Crippen LogP contribution in [0.3, 0.4) is 0 Å². The van der Waals surface area contributed by atoms with Gasteiger partial charge in [0.15, 0.2) is 0 Å². The van der Waals surface area contributed by atoms with Gasteiger partial charge in [-0.2, -0.15) is 0 Å². The Morgan fingerprint density at radius 1 is 1.12 bits per heavy atom. The summed E-state index contributed by atoms with van der Waals surface area (Å²) >= 11 is 0. The zero-order valence-electron chi connectivity index (χ0n) is 9.26. The van der Waals surface area contributed by atoms with Crippen LogP contribution in [-0.4, -0.2) is 47.6 Å². The molecule has 3 atom stereocenters. The monoisotopic (exact) mass is 229 g/mol. The molecule has 1 aliphatic carbocycles. The number of carbonyl (C=O) groups excluding carboxylic acids is 1. The van der Waals surface area contributed by atoms with Crippen molar-refractivity contribution in [2.75, 3.05) is 13.2 Å². The molecule has 2 aliphatic rings. The lowest BCUT2D eigenvalue weighted by Gasteiger charge is -2.24. The molecule has 1 amide bonds. The van der Waals surface area contributed by atoms with Crippen molar-refractivity contribution in [1.82, 2.24) is 5.32 Å². The second kappa shape index (κ2) is 5.12. The second-order valence-corrected chi connectivity index (χ2v) is 4.64. The third kappa shape index (κ3) is 2.53. The number of hydrogen-bond donors (Lipinski definition) is 3. The van der Waals surface area contributed by atoms with Gasteiger partial charge < -0.3 is 20.3 Å². The highest BCUT2D eigenvalue weighted by Gasteiger charge is 2.35. The minimum absolute atomic E-state index is 0.00121. The van der Waals surface area contributed by atoms with Gasteiger partial charge in [-0.05, 0) is 25.7 Å². The molecule has 16 heavy (non-hydrogen) atoms. The van der Waals surface area contributed by atoms with Crippen LogP contribution in [-0.2, 0) is 9.53 Å². The van der Waals surface area contributed by atoms with E-state index in [1.165, 1.54) is 0 Å². The molecule has 2 rings (SSSR count). The largest absolute Gasteiger partial charge is 0.390 e. The molecule has 5 nitrogen and oxygen atoms in total. The highest BCUT2D eigenvalue weighted by Crippen LogP contribution is 2.21. The van der Waals surface area contributed by atoms with E-state index in [2.05, 4.69) is 5.32 Å². The van der Waals surface area contributed by atoms with E-state index in [0.29, 0.717) is 26.1 Å². The van der Waals surface area contributed by atoms with Crippen molar-refractivity contribution in [1.29, 1.82) is 0 Å². The van der Waals surface area contributed by atoms with Gasteiger partial charge in [-0.15, -0.1) is 0 Å². The van der Waals surface area contributed by atoms with Crippen LogP contribution >= 0.6 is 0 Å². The first-order valence-corrected chi connectivity index (χ1v) is 5.92. The summed E-state index contributed by atoms with van der Waals surface area (Å²) in [5.74, 6) is -0.0138. The maximum absolute atomic E-state index is 11.8. The van der Waals surface area contributed by atoms with Gasteiger partial charge in [0.05, 0.1) is 18.2 Å². The smallest absolute Gasteiger partial charge is 0.223 e. The Hall–Kier alpha value is -0.650. The Labute approximate surface area is 94.8 Å². The van der Waals surface area contributed by atoms with Crippen LogP contribution in [0.2, 0.25) is 0 Å². The standard InChI is InChI=1S/C11H19NO4/c13-9-2-1-8(10(9)14)12-11(15)7-3-5-16-6-4-7/h7-10,13-14H,1-6H2,(H,12,15)/t8-,9-,10-/m1/s1. The van der Waals surface area contributed by atoms with Crippen molar-refractivity contribution in [3.05, 3.63) is 0 Å². The van der Waals surface area contributed by atoms with Gasteiger partial charge in [0, 0.05) is 19.1 Å². The normalized spacial score (nSPS) is 36.2. The zero-order chi connectivity index (χ0) is 11.5. The second-order valence-electron chi connectivity index (χ2n) is 4.64. The fourth-order valence-electron chi connectivity index (χ4n) is 2.38. The van der Waals surface area contributed by atoms with E-state index in [1.54, 1.807) is 0 Å². The molecule has 0 aromatic rings. The van der Waals surface area contributed by atoms with Crippen molar-refractivity contribution in [2.45, 2.75) is 43.9 Å². The number of hydrogen-bond acceptors (Lipinski definition) is 4. The maximum Gasteiger partial charge on any atom is 0.223 e. The van der Waals surface area contributed by atoms with Crippen LogP contribution in [0.25, 0.3) is 0 Å². The van der Waals surface area contributed by atoms with E-state index in [4.69, 9.17) is 4.74 Å². The van der Waals surface area contributed by atoms with Crippen LogP contribution < -0.4 is 5.32 Å². The summed E-state index contributed by atoms with van der Waals surface area (Å²) in [4.78, 5) is 11.8. The number of ether oxygens (including phenoxy) is 1. The van der Waals surface area contributed by atoms with Crippen molar-refractivity contribution >= 4 is 5.91 Å². The van der Waals surface area contributed by atoms with E-state index in [9.17, 15) is 15.0 Å². The van der Waals surface area contributed by atoms with Gasteiger partial charge in [0.2, 0.25) is 5.91 Å². The highest BCUT2D eigenvalue weighted by atomic mass is 16.5. The van der Waals surface area contributed by atoms with Crippen molar-refractivity contribution in [3.63, 3.8) is 0 Å². The van der Waals surface area contributed by atoms with E-state index < -0.39 is 12.2 Å². The summed E-state index contributed by atoms with van der Waals surface area (Å²) < 4.78 is 5.19. The molecule has 0 spiro atoms. The molecule has 3 N–H and O–H groups in total. The van der Waals surface area contributed by atoms with E-state index >= 15 is 0 Å². The first-order valence-electron chi connectivity index (χ1n) is 5.92. The third-order valence-corrected chi connectivity index (χ3v) is 3.50. The molecule has 0 unspecified atom stereocenters. The summed E-state index contributed by atoms with van der Waals surface area (Å²) in [6.45, 7) is 1.27. The molecule has 1 heterocycles. The minimum Gasteiger partial charge on any atom is -0.390 e. The number of aliphatic hydroxyl groups excluding tert-OH is 2. The molecule has 1 saturated carbocycles. The zero-order valence-corrected chi connectivity index (χ0v) is 9.26. The molecular formula is C11H19NO4. The summed E-state index contributed by atoms with van der Waals surface area (Å²) in [6, 6.07) is -0.287. The molecule has 1 saturated heterocycles. The van der Waals surface area contributed by atoms with Crippen LogP contribution in [0.1, 0.15) is 25.7 Å². The van der Waals surface area contributed by atoms with E-state index in [1.807, 2.05) is 0 Å². The van der Waals surface area contributed by atoms with Gasteiger partial charge in [0.25, 0.3) is 0 Å². The number of amides is 1. The maximum atomic E-state index is 11.8. The van der Waals surface area contributed by atoms with E-state index in [-0.39, 0.29) is 17.9 Å². The summed E-state index contributed by atoms with van der Waals surface area (Å²) in [7, 11) is 0. The Balaban J connectivity index is 1.82. The number of aliphatic hydroxyl groups is 2. The first kappa shape index (κ1) is 11.8. The molecule has 1 aliphatic heterocycles. The third-order valence-electron chi connectivity index (χ3n) is 3.50. The SMILES string of the molecule is O=C(N[C@@H]1CC[C@@H](O)[C@@H]1O)C1CCOCC1. The molecule has 0 aromatic carbocycles. The lowest BCUT2D eigenvalue weighted by Crippen LogP contribution is -2.46. The predicted octanol–water partition coefficient (Wildman–Crippen LogP) is -0.587. The molecule has 2 fully saturated rings. The lowest BCUT2D eigenvalue weighted by atomic mass is 9.99. The van der Waals surface area contributed by atoms with Crippen LogP contribution in [0, 0.1) is 5.92 Å². The molecular weight excluding hydrogens is 210 g/mol. The summed E-state index contributed by atoms with van der Waals surface area (Å²) in [5, 5.41) is 21.8. The van der Waals surface area contributed by atoms with Gasteiger partial charge >= 0.3 is 0 Å². The molecule has 0 bridgehead atoms.